The normalized spacial score (nSPS) is 20.8. The number of hydrogen-bond donors (Lipinski definition) is 0. The van der Waals surface area contributed by atoms with Crippen LogP contribution in [0, 0.1) is 0 Å². The van der Waals surface area contributed by atoms with Crippen LogP contribution in [0.4, 0.5) is 0 Å². The van der Waals surface area contributed by atoms with Gasteiger partial charge in [0.05, 0.1) is 18.8 Å². The summed E-state index contributed by atoms with van der Waals surface area (Å²) in [4.78, 5) is 19.1. The van der Waals surface area contributed by atoms with E-state index in [-0.39, 0.29) is 18.1 Å². The summed E-state index contributed by atoms with van der Waals surface area (Å²) >= 11 is 0. The highest BCUT2D eigenvalue weighted by Crippen LogP contribution is 2.27. The number of nitrogens with zero attached hydrogens (tertiary/aromatic N) is 2. The monoisotopic (exact) mass is 324 g/mol. The van der Waals surface area contributed by atoms with E-state index >= 15 is 0 Å². The molecule has 1 aliphatic rings. The number of carbonyl (C=O) groups is 1. The minimum Gasteiger partial charge on any atom is -0.374 e. The van der Waals surface area contributed by atoms with E-state index in [0.717, 1.165) is 24.1 Å². The SMILES string of the molecule is C[C@H]1CN(C(=O)CCCc2ccccn2)[C@H](c2ccccc2)CO1. The fourth-order valence-corrected chi connectivity index (χ4v) is 3.14. The van der Waals surface area contributed by atoms with Crippen molar-refractivity contribution in [3.05, 3.63) is 66.0 Å². The van der Waals surface area contributed by atoms with E-state index in [2.05, 4.69) is 17.1 Å². The molecule has 1 aromatic carbocycles. The number of morpholine rings is 1. The Hall–Kier alpha value is -2.20. The molecule has 0 unspecified atom stereocenters. The topological polar surface area (TPSA) is 42.4 Å². The lowest BCUT2D eigenvalue weighted by Gasteiger charge is -2.39. The molecule has 24 heavy (non-hydrogen) atoms. The average Bonchev–Trinajstić information content (AvgIpc) is 2.63. The van der Waals surface area contributed by atoms with Crippen molar-refractivity contribution in [3.8, 4) is 0 Å². The van der Waals surface area contributed by atoms with Crippen molar-refractivity contribution in [3.63, 3.8) is 0 Å². The van der Waals surface area contributed by atoms with Crippen LogP contribution in [0.3, 0.4) is 0 Å². The van der Waals surface area contributed by atoms with Crippen molar-refractivity contribution in [2.45, 2.75) is 38.3 Å². The summed E-state index contributed by atoms with van der Waals surface area (Å²) in [6, 6.07) is 16.1. The van der Waals surface area contributed by atoms with Crippen LogP contribution in [0.1, 0.15) is 37.1 Å². The predicted octanol–water partition coefficient (Wildman–Crippen LogP) is 3.39. The number of amides is 1. The van der Waals surface area contributed by atoms with E-state index in [1.54, 1.807) is 6.20 Å². The second-order valence-electron chi connectivity index (χ2n) is 6.29. The van der Waals surface area contributed by atoms with Crippen LogP contribution >= 0.6 is 0 Å². The third-order valence-electron chi connectivity index (χ3n) is 4.42. The molecule has 4 heteroatoms. The number of carbonyl (C=O) groups excluding carboxylic acids is 1. The summed E-state index contributed by atoms with van der Waals surface area (Å²) in [5, 5.41) is 0. The summed E-state index contributed by atoms with van der Waals surface area (Å²) in [6.07, 6.45) is 4.09. The van der Waals surface area contributed by atoms with Gasteiger partial charge in [0.25, 0.3) is 0 Å². The third-order valence-corrected chi connectivity index (χ3v) is 4.42. The molecule has 0 spiro atoms. The lowest BCUT2D eigenvalue weighted by atomic mass is 10.0. The second kappa shape index (κ2) is 8.06. The highest BCUT2D eigenvalue weighted by molar-refractivity contribution is 5.77. The molecule has 3 rings (SSSR count). The Kier molecular flexibility index (Phi) is 5.59. The molecule has 1 aliphatic heterocycles. The number of rotatable bonds is 5. The molecule has 0 aliphatic carbocycles. The summed E-state index contributed by atoms with van der Waals surface area (Å²) in [5.41, 5.74) is 2.18. The van der Waals surface area contributed by atoms with Crippen LogP contribution in [-0.4, -0.2) is 35.0 Å². The number of hydrogen-bond acceptors (Lipinski definition) is 3. The molecule has 2 atom stereocenters. The van der Waals surface area contributed by atoms with Gasteiger partial charge in [-0.05, 0) is 37.5 Å². The van der Waals surface area contributed by atoms with Crippen molar-refractivity contribution in [1.82, 2.24) is 9.88 Å². The van der Waals surface area contributed by atoms with Crippen LogP contribution in [-0.2, 0) is 16.0 Å². The summed E-state index contributed by atoms with van der Waals surface area (Å²) < 4.78 is 5.80. The molecule has 2 heterocycles. The Labute approximate surface area is 143 Å². The van der Waals surface area contributed by atoms with Crippen LogP contribution < -0.4 is 0 Å². The Morgan fingerprint density at radius 1 is 1.21 bits per heavy atom. The molecule has 1 saturated heterocycles. The highest BCUT2D eigenvalue weighted by atomic mass is 16.5. The van der Waals surface area contributed by atoms with Gasteiger partial charge in [-0.3, -0.25) is 9.78 Å². The van der Waals surface area contributed by atoms with Crippen molar-refractivity contribution in [2.75, 3.05) is 13.2 Å². The first-order valence-electron chi connectivity index (χ1n) is 8.60. The minimum absolute atomic E-state index is 0.0183. The van der Waals surface area contributed by atoms with Gasteiger partial charge in [0.1, 0.15) is 0 Å². The van der Waals surface area contributed by atoms with Gasteiger partial charge in [0.2, 0.25) is 5.91 Å². The molecule has 1 fully saturated rings. The van der Waals surface area contributed by atoms with E-state index in [1.165, 1.54) is 0 Å². The smallest absolute Gasteiger partial charge is 0.223 e. The second-order valence-corrected chi connectivity index (χ2v) is 6.29. The van der Waals surface area contributed by atoms with E-state index in [0.29, 0.717) is 19.6 Å². The fourth-order valence-electron chi connectivity index (χ4n) is 3.14. The number of ether oxygens (including phenoxy) is 1. The molecule has 2 aromatic rings. The van der Waals surface area contributed by atoms with Gasteiger partial charge in [0, 0.05) is 24.9 Å². The van der Waals surface area contributed by atoms with Crippen LogP contribution in [0.15, 0.2) is 54.7 Å². The number of benzene rings is 1. The van der Waals surface area contributed by atoms with Gasteiger partial charge in [-0.2, -0.15) is 0 Å². The van der Waals surface area contributed by atoms with Crippen LogP contribution in [0.5, 0.6) is 0 Å². The Morgan fingerprint density at radius 3 is 2.75 bits per heavy atom. The van der Waals surface area contributed by atoms with E-state index < -0.39 is 0 Å². The maximum absolute atomic E-state index is 12.8. The number of pyridine rings is 1. The maximum Gasteiger partial charge on any atom is 0.223 e. The van der Waals surface area contributed by atoms with E-state index in [1.807, 2.05) is 48.2 Å². The molecule has 0 bridgehead atoms. The Balaban J connectivity index is 1.62. The molecule has 4 nitrogen and oxygen atoms in total. The molecule has 1 aromatic heterocycles. The van der Waals surface area contributed by atoms with Crippen LogP contribution in [0.25, 0.3) is 0 Å². The Morgan fingerprint density at radius 2 is 2.00 bits per heavy atom. The zero-order chi connectivity index (χ0) is 16.8. The lowest BCUT2D eigenvalue weighted by Crippen LogP contribution is -2.46. The van der Waals surface area contributed by atoms with Gasteiger partial charge in [0.15, 0.2) is 0 Å². The van der Waals surface area contributed by atoms with Crippen molar-refractivity contribution >= 4 is 5.91 Å². The maximum atomic E-state index is 12.8. The molecule has 1 amide bonds. The fraction of sp³-hybridized carbons (Fsp3) is 0.400. The van der Waals surface area contributed by atoms with Gasteiger partial charge in [-0.25, -0.2) is 0 Å². The molecule has 126 valence electrons. The van der Waals surface area contributed by atoms with Gasteiger partial charge < -0.3 is 9.64 Å². The summed E-state index contributed by atoms with van der Waals surface area (Å²) in [5.74, 6) is 0.204. The first kappa shape index (κ1) is 16.7. The first-order chi connectivity index (χ1) is 11.7. The average molecular weight is 324 g/mol. The van der Waals surface area contributed by atoms with Gasteiger partial charge in [-0.1, -0.05) is 36.4 Å². The highest BCUT2D eigenvalue weighted by Gasteiger charge is 2.31. The molecule has 0 radical (unpaired) electrons. The number of aromatic nitrogens is 1. The molecule has 0 N–H and O–H groups in total. The molecular weight excluding hydrogens is 300 g/mol. The summed E-state index contributed by atoms with van der Waals surface area (Å²) in [7, 11) is 0. The van der Waals surface area contributed by atoms with E-state index in [4.69, 9.17) is 4.74 Å². The number of aryl methyl sites for hydroxylation is 1. The van der Waals surface area contributed by atoms with Crippen molar-refractivity contribution < 1.29 is 9.53 Å². The lowest BCUT2D eigenvalue weighted by molar-refractivity contribution is -0.144. The van der Waals surface area contributed by atoms with Gasteiger partial charge in [-0.15, -0.1) is 0 Å². The van der Waals surface area contributed by atoms with E-state index in [9.17, 15) is 4.79 Å². The molecular formula is C20H24N2O2. The summed E-state index contributed by atoms with van der Waals surface area (Å²) in [6.45, 7) is 3.24. The molecule has 0 saturated carbocycles. The third kappa shape index (κ3) is 4.20. The van der Waals surface area contributed by atoms with Gasteiger partial charge >= 0.3 is 0 Å². The predicted molar refractivity (Wildman–Crippen MR) is 93.5 cm³/mol. The minimum atomic E-state index is 0.0183. The zero-order valence-corrected chi connectivity index (χ0v) is 14.1. The Bertz CT molecular complexity index is 645. The standard InChI is InChI=1S/C20H24N2O2/c1-16-14-22(19(15-24-16)17-8-3-2-4-9-17)20(23)12-7-11-18-10-5-6-13-21-18/h2-6,8-10,13,16,19H,7,11-12,14-15H2,1H3/t16-,19-/m0/s1. The quantitative estimate of drug-likeness (QED) is 0.846. The van der Waals surface area contributed by atoms with Crippen molar-refractivity contribution in [2.24, 2.45) is 0 Å². The zero-order valence-electron chi connectivity index (χ0n) is 14.1. The first-order valence-corrected chi connectivity index (χ1v) is 8.60. The van der Waals surface area contributed by atoms with Crippen LogP contribution in [0.2, 0.25) is 0 Å². The largest absolute Gasteiger partial charge is 0.374 e. The van der Waals surface area contributed by atoms with Crippen molar-refractivity contribution in [1.29, 1.82) is 0 Å².